The first-order valence-electron chi connectivity index (χ1n) is 26.3. The van der Waals surface area contributed by atoms with E-state index >= 15 is 0 Å². The monoisotopic (exact) mass is 745 g/mol. The van der Waals surface area contributed by atoms with Crippen LogP contribution in [0.5, 0.6) is 0 Å². The lowest BCUT2D eigenvalue weighted by Crippen LogP contribution is -2.01. The molecule has 53 heavy (non-hydrogen) atoms. The lowest BCUT2D eigenvalue weighted by molar-refractivity contribution is 0.365. The molecule has 0 fully saturated rings. The van der Waals surface area contributed by atoms with E-state index in [0.29, 0.717) is 0 Å². The van der Waals surface area contributed by atoms with E-state index in [4.69, 9.17) is 0 Å². The highest BCUT2D eigenvalue weighted by Gasteiger charge is 2.09. The Morgan fingerprint density at radius 3 is 0.396 bits per heavy atom. The molecule has 0 aromatic carbocycles. The van der Waals surface area contributed by atoms with E-state index in [1.54, 1.807) is 0 Å². The predicted molar refractivity (Wildman–Crippen MR) is 247 cm³/mol. The van der Waals surface area contributed by atoms with Gasteiger partial charge in [-0.2, -0.15) is 0 Å². The van der Waals surface area contributed by atoms with Crippen LogP contribution in [0.4, 0.5) is 0 Å². The van der Waals surface area contributed by atoms with E-state index in [-0.39, 0.29) is 0 Å². The third-order valence-corrected chi connectivity index (χ3v) is 12.9. The van der Waals surface area contributed by atoms with Crippen LogP contribution in [-0.2, 0) is 0 Å². The van der Waals surface area contributed by atoms with Crippen LogP contribution in [0.15, 0.2) is 0 Å². The third-order valence-electron chi connectivity index (χ3n) is 12.9. The van der Waals surface area contributed by atoms with Crippen LogP contribution in [-0.4, -0.2) is 0 Å². The molecule has 0 bridgehead atoms. The average Bonchev–Trinajstić information content (AvgIpc) is 3.17. The van der Waals surface area contributed by atoms with Gasteiger partial charge >= 0.3 is 0 Å². The molecule has 0 amide bonds. The summed E-state index contributed by atoms with van der Waals surface area (Å²) in [5.74, 6) is 1.03. The van der Waals surface area contributed by atoms with Crippen LogP contribution in [0.1, 0.15) is 335 Å². The Hall–Kier alpha value is 0. The molecule has 0 unspecified atom stereocenters. The largest absolute Gasteiger partial charge is 0.0654 e. The molecular formula is C53H108. The van der Waals surface area contributed by atoms with Crippen molar-refractivity contribution in [1.29, 1.82) is 0 Å². The Morgan fingerprint density at radius 2 is 0.264 bits per heavy atom. The van der Waals surface area contributed by atoms with Gasteiger partial charge in [-0.05, 0) is 5.92 Å². The lowest BCUT2D eigenvalue weighted by atomic mass is 9.89. The van der Waals surface area contributed by atoms with Gasteiger partial charge in [0, 0.05) is 0 Å². The predicted octanol–water partition coefficient (Wildman–Crippen LogP) is 20.8. The van der Waals surface area contributed by atoms with Crippen LogP contribution < -0.4 is 0 Å². The van der Waals surface area contributed by atoms with Crippen molar-refractivity contribution >= 4 is 0 Å². The van der Waals surface area contributed by atoms with Crippen LogP contribution in [0, 0.1) is 5.92 Å². The maximum atomic E-state index is 2.32. The Bertz CT molecular complexity index is 559. The summed E-state index contributed by atoms with van der Waals surface area (Å²) in [7, 11) is 0. The summed E-state index contributed by atoms with van der Waals surface area (Å²) in [6, 6.07) is 0. The summed E-state index contributed by atoms with van der Waals surface area (Å²) in [5.41, 5.74) is 0. The second-order valence-electron chi connectivity index (χ2n) is 18.4. The molecule has 0 N–H and O–H groups in total. The first-order valence-corrected chi connectivity index (χ1v) is 26.3. The molecule has 320 valence electrons. The van der Waals surface area contributed by atoms with E-state index in [2.05, 4.69) is 20.8 Å². The molecule has 0 aliphatic carbocycles. The molecule has 0 saturated carbocycles. The maximum absolute atomic E-state index is 2.32. The smallest absolute Gasteiger partial charge is 0.0414 e. The zero-order valence-electron chi connectivity index (χ0n) is 38.2. The van der Waals surface area contributed by atoms with Gasteiger partial charge in [-0.3, -0.25) is 0 Å². The summed E-state index contributed by atoms with van der Waals surface area (Å²) >= 11 is 0. The summed E-state index contributed by atoms with van der Waals surface area (Å²) in [5, 5.41) is 0. The molecule has 0 aliphatic heterocycles. The Balaban J connectivity index is 3.94. The highest BCUT2D eigenvalue weighted by molar-refractivity contribution is 4.63. The van der Waals surface area contributed by atoms with E-state index in [9.17, 15) is 0 Å². The maximum Gasteiger partial charge on any atom is -0.0414 e. The van der Waals surface area contributed by atoms with Crippen molar-refractivity contribution in [3.05, 3.63) is 0 Å². The van der Waals surface area contributed by atoms with E-state index in [1.807, 2.05) is 0 Å². The third kappa shape index (κ3) is 48.1. The zero-order chi connectivity index (χ0) is 38.2. The van der Waals surface area contributed by atoms with Crippen molar-refractivity contribution in [2.75, 3.05) is 0 Å². The second kappa shape index (κ2) is 50.0. The molecule has 0 heteroatoms. The summed E-state index contributed by atoms with van der Waals surface area (Å²) in [4.78, 5) is 0. The highest BCUT2D eigenvalue weighted by atomic mass is 14.1. The zero-order valence-corrected chi connectivity index (χ0v) is 38.2. The number of hydrogen-bond acceptors (Lipinski definition) is 0. The van der Waals surface area contributed by atoms with Gasteiger partial charge in [0.2, 0.25) is 0 Å². The molecule has 0 rings (SSSR count). The molecule has 0 heterocycles. The highest BCUT2D eigenvalue weighted by Crippen LogP contribution is 2.25. The van der Waals surface area contributed by atoms with E-state index in [1.165, 1.54) is 315 Å². The van der Waals surface area contributed by atoms with Gasteiger partial charge < -0.3 is 0 Å². The molecule has 0 aromatic heterocycles. The molecular weight excluding hydrogens is 637 g/mol. The van der Waals surface area contributed by atoms with E-state index in [0.717, 1.165) is 5.92 Å². The first kappa shape index (κ1) is 53.0. The Kier molecular flexibility index (Phi) is 50.0. The van der Waals surface area contributed by atoms with Crippen molar-refractivity contribution in [3.8, 4) is 0 Å². The van der Waals surface area contributed by atoms with Gasteiger partial charge in [0.25, 0.3) is 0 Å². The van der Waals surface area contributed by atoms with Crippen molar-refractivity contribution < 1.29 is 0 Å². The lowest BCUT2D eigenvalue weighted by Gasteiger charge is -2.17. The molecule has 0 atom stereocenters. The van der Waals surface area contributed by atoms with Gasteiger partial charge in [0.15, 0.2) is 0 Å². The fourth-order valence-electron chi connectivity index (χ4n) is 9.02. The number of unbranched alkanes of at least 4 members (excludes halogenated alkanes) is 43. The van der Waals surface area contributed by atoms with Gasteiger partial charge in [-0.1, -0.05) is 335 Å². The summed E-state index contributed by atoms with van der Waals surface area (Å²) < 4.78 is 0. The summed E-state index contributed by atoms with van der Waals surface area (Å²) in [6.45, 7) is 6.96. The molecule has 0 radical (unpaired) electrons. The van der Waals surface area contributed by atoms with Gasteiger partial charge in [0.05, 0.1) is 0 Å². The first-order chi connectivity index (χ1) is 26.3. The van der Waals surface area contributed by atoms with Crippen LogP contribution in [0.2, 0.25) is 0 Å². The molecule has 0 aliphatic rings. The Morgan fingerprint density at radius 1 is 0.151 bits per heavy atom. The van der Waals surface area contributed by atoms with Crippen LogP contribution >= 0.6 is 0 Å². The van der Waals surface area contributed by atoms with Crippen molar-refractivity contribution in [1.82, 2.24) is 0 Å². The minimum absolute atomic E-state index is 1.03. The quantitative estimate of drug-likeness (QED) is 0.0544. The van der Waals surface area contributed by atoms with Crippen molar-refractivity contribution in [3.63, 3.8) is 0 Å². The number of rotatable bonds is 49. The summed E-state index contributed by atoms with van der Waals surface area (Å²) in [6.07, 6.45) is 72.8. The van der Waals surface area contributed by atoms with Crippen LogP contribution in [0.3, 0.4) is 0 Å². The fourth-order valence-corrected chi connectivity index (χ4v) is 9.02. The molecule has 0 aromatic rings. The van der Waals surface area contributed by atoms with E-state index < -0.39 is 0 Å². The van der Waals surface area contributed by atoms with Crippen molar-refractivity contribution in [2.24, 2.45) is 5.92 Å². The average molecular weight is 745 g/mol. The minimum Gasteiger partial charge on any atom is -0.0654 e. The normalized spacial score (nSPS) is 11.8. The molecule has 0 saturated heterocycles. The van der Waals surface area contributed by atoms with Crippen LogP contribution in [0.25, 0.3) is 0 Å². The molecule has 0 nitrogen and oxygen atoms in total. The minimum atomic E-state index is 1.03. The van der Waals surface area contributed by atoms with Gasteiger partial charge in [-0.15, -0.1) is 0 Å². The number of hydrogen-bond donors (Lipinski definition) is 0. The Labute approximate surface area is 340 Å². The molecule has 0 spiro atoms. The topological polar surface area (TPSA) is 0 Å². The SMILES string of the molecule is CCCCCCCCCCCCCCCCCCC(CCCCCCCCCCCCCCCCC)CCCCCCCCCCCCCCCCC. The fraction of sp³-hybridized carbons (Fsp3) is 1.00. The van der Waals surface area contributed by atoms with Gasteiger partial charge in [0.1, 0.15) is 0 Å². The van der Waals surface area contributed by atoms with Gasteiger partial charge in [-0.25, -0.2) is 0 Å². The second-order valence-corrected chi connectivity index (χ2v) is 18.4. The standard InChI is InChI=1S/C53H108/c1-4-7-10-13-16-19-22-25-28-31-34-37-40-43-46-49-52-53(50-47-44-41-38-35-32-29-26-23-20-17-14-11-8-5-2)51-48-45-42-39-36-33-30-27-24-21-18-15-12-9-6-3/h53H,4-52H2,1-3H3. The van der Waals surface area contributed by atoms with Crippen molar-refractivity contribution in [2.45, 2.75) is 335 Å².